The second kappa shape index (κ2) is 6.90. The van der Waals surface area contributed by atoms with Crippen molar-refractivity contribution in [2.24, 2.45) is 7.05 Å². The van der Waals surface area contributed by atoms with E-state index in [1.165, 1.54) is 12.3 Å². The van der Waals surface area contributed by atoms with Gasteiger partial charge in [0.05, 0.1) is 17.1 Å². The minimum Gasteiger partial charge on any atom is -0.477 e. The Morgan fingerprint density at radius 1 is 1.37 bits per heavy atom. The highest BCUT2D eigenvalue weighted by Gasteiger charge is 2.33. The zero-order valence-electron chi connectivity index (χ0n) is 15.3. The van der Waals surface area contributed by atoms with Crippen LogP contribution < -0.4 is 10.2 Å². The van der Waals surface area contributed by atoms with Crippen LogP contribution in [0.5, 0.6) is 5.75 Å². The van der Waals surface area contributed by atoms with Gasteiger partial charge < -0.3 is 18.6 Å². The van der Waals surface area contributed by atoms with Gasteiger partial charge in [-0.3, -0.25) is 9.59 Å². The summed E-state index contributed by atoms with van der Waals surface area (Å²) in [7, 11) is 1.97. The average molecular weight is 367 g/mol. The van der Waals surface area contributed by atoms with Crippen LogP contribution >= 0.6 is 0 Å². The van der Waals surface area contributed by atoms with Gasteiger partial charge in [0, 0.05) is 19.7 Å². The molecule has 1 aliphatic heterocycles. The first-order chi connectivity index (χ1) is 13.0. The summed E-state index contributed by atoms with van der Waals surface area (Å²) < 4.78 is 12.6. The molecule has 1 fully saturated rings. The van der Waals surface area contributed by atoms with E-state index in [1.54, 1.807) is 11.8 Å². The number of aromatic nitrogens is 2. The maximum absolute atomic E-state index is 12.7. The van der Waals surface area contributed by atoms with Crippen LogP contribution in [0, 0.1) is 6.92 Å². The number of nitrogens with zero attached hydrogens (tertiary/aromatic N) is 3. The van der Waals surface area contributed by atoms with E-state index in [1.807, 2.05) is 35.9 Å². The van der Waals surface area contributed by atoms with E-state index >= 15 is 0 Å². The molecule has 0 spiro atoms. The van der Waals surface area contributed by atoms with Crippen LogP contribution in [0.15, 0.2) is 45.8 Å². The van der Waals surface area contributed by atoms with E-state index in [-0.39, 0.29) is 29.7 Å². The van der Waals surface area contributed by atoms with E-state index in [0.29, 0.717) is 12.3 Å². The first-order valence-electron chi connectivity index (χ1n) is 8.97. The fourth-order valence-electron chi connectivity index (χ4n) is 3.62. The Bertz CT molecular complexity index is 1050. The summed E-state index contributed by atoms with van der Waals surface area (Å²) >= 11 is 0. The standard InChI is InChI=1S/C20H21N3O4/c1-13-10-17(24)18(11-26-13)27-12-19(25)23-9-5-8-16(23)20-21-14-6-3-4-7-15(14)22(20)2/h3-4,6-7,10-11,16H,5,8-9,12H2,1-2H3. The molecule has 2 aromatic heterocycles. The lowest BCUT2D eigenvalue weighted by Gasteiger charge is -2.24. The zero-order valence-corrected chi connectivity index (χ0v) is 15.3. The third kappa shape index (κ3) is 3.20. The number of rotatable bonds is 4. The quantitative estimate of drug-likeness (QED) is 0.708. The molecule has 0 bridgehead atoms. The van der Waals surface area contributed by atoms with Crippen molar-refractivity contribution in [1.29, 1.82) is 0 Å². The Morgan fingerprint density at radius 3 is 2.96 bits per heavy atom. The van der Waals surface area contributed by atoms with Gasteiger partial charge in [-0.15, -0.1) is 0 Å². The van der Waals surface area contributed by atoms with Crippen molar-refractivity contribution >= 4 is 16.9 Å². The van der Waals surface area contributed by atoms with Crippen LogP contribution in [0.1, 0.15) is 30.5 Å². The second-order valence-electron chi connectivity index (χ2n) is 6.77. The van der Waals surface area contributed by atoms with Gasteiger partial charge in [0.2, 0.25) is 11.2 Å². The molecule has 1 aliphatic rings. The van der Waals surface area contributed by atoms with E-state index in [2.05, 4.69) is 0 Å². The summed E-state index contributed by atoms with van der Waals surface area (Å²) in [5, 5.41) is 0. The molecular weight excluding hydrogens is 346 g/mol. The molecule has 4 rings (SSSR count). The van der Waals surface area contributed by atoms with Crippen LogP contribution in [0.2, 0.25) is 0 Å². The molecule has 7 heteroatoms. The summed E-state index contributed by atoms with van der Waals surface area (Å²) in [6.07, 6.45) is 3.01. The summed E-state index contributed by atoms with van der Waals surface area (Å²) in [6.45, 7) is 2.13. The van der Waals surface area contributed by atoms with Crippen LogP contribution in [-0.4, -0.2) is 33.5 Å². The molecule has 1 unspecified atom stereocenters. The molecule has 0 saturated carbocycles. The van der Waals surface area contributed by atoms with Gasteiger partial charge in [0.15, 0.2) is 6.61 Å². The van der Waals surface area contributed by atoms with Gasteiger partial charge in [-0.2, -0.15) is 0 Å². The fraction of sp³-hybridized carbons (Fsp3) is 0.350. The number of likely N-dealkylation sites (tertiary alicyclic amines) is 1. The Balaban J connectivity index is 1.52. The molecule has 7 nitrogen and oxygen atoms in total. The number of fused-ring (bicyclic) bond motifs is 1. The number of hydrogen-bond donors (Lipinski definition) is 0. The first-order valence-corrected chi connectivity index (χ1v) is 8.97. The van der Waals surface area contributed by atoms with Crippen LogP contribution in [-0.2, 0) is 11.8 Å². The number of hydrogen-bond acceptors (Lipinski definition) is 5. The lowest BCUT2D eigenvalue weighted by molar-refractivity contribution is -0.134. The monoisotopic (exact) mass is 367 g/mol. The molecule has 27 heavy (non-hydrogen) atoms. The van der Waals surface area contributed by atoms with Crippen molar-refractivity contribution < 1.29 is 13.9 Å². The highest BCUT2D eigenvalue weighted by molar-refractivity contribution is 5.79. The number of carbonyl (C=O) groups is 1. The summed E-state index contributed by atoms with van der Waals surface area (Å²) in [5.74, 6) is 1.26. The van der Waals surface area contributed by atoms with Crippen molar-refractivity contribution in [2.45, 2.75) is 25.8 Å². The normalized spacial score (nSPS) is 16.8. The van der Waals surface area contributed by atoms with Crippen molar-refractivity contribution in [3.8, 4) is 5.75 Å². The van der Waals surface area contributed by atoms with Crippen molar-refractivity contribution in [1.82, 2.24) is 14.5 Å². The first kappa shape index (κ1) is 17.3. The lowest BCUT2D eigenvalue weighted by Crippen LogP contribution is -2.35. The predicted octanol–water partition coefficient (Wildman–Crippen LogP) is 2.58. The maximum atomic E-state index is 12.7. The summed E-state index contributed by atoms with van der Waals surface area (Å²) in [4.78, 5) is 31.1. The Kier molecular flexibility index (Phi) is 4.43. The molecular formula is C20H21N3O4. The molecule has 0 radical (unpaired) electrons. The van der Waals surface area contributed by atoms with Crippen LogP contribution in [0.25, 0.3) is 11.0 Å². The van der Waals surface area contributed by atoms with Crippen LogP contribution in [0.3, 0.4) is 0 Å². The number of aryl methyl sites for hydroxylation is 2. The molecule has 1 amide bonds. The van der Waals surface area contributed by atoms with Crippen LogP contribution in [0.4, 0.5) is 0 Å². The lowest BCUT2D eigenvalue weighted by atomic mass is 10.2. The predicted molar refractivity (Wildman–Crippen MR) is 99.6 cm³/mol. The molecule has 140 valence electrons. The average Bonchev–Trinajstić information content (AvgIpc) is 3.26. The molecule has 3 aromatic rings. The number of benzene rings is 1. The largest absolute Gasteiger partial charge is 0.477 e. The Hall–Kier alpha value is -3.09. The minimum absolute atomic E-state index is 0.0485. The maximum Gasteiger partial charge on any atom is 0.261 e. The summed E-state index contributed by atoms with van der Waals surface area (Å²) in [6, 6.07) is 9.18. The van der Waals surface area contributed by atoms with Gasteiger partial charge in [-0.1, -0.05) is 12.1 Å². The van der Waals surface area contributed by atoms with Gasteiger partial charge >= 0.3 is 0 Å². The molecule has 3 heterocycles. The third-order valence-electron chi connectivity index (χ3n) is 4.97. The summed E-state index contributed by atoms with van der Waals surface area (Å²) in [5.41, 5.74) is 1.67. The van der Waals surface area contributed by atoms with Crippen molar-refractivity contribution in [2.75, 3.05) is 13.2 Å². The smallest absolute Gasteiger partial charge is 0.261 e. The highest BCUT2D eigenvalue weighted by atomic mass is 16.5. The van der Waals surface area contributed by atoms with Crippen molar-refractivity contribution in [3.63, 3.8) is 0 Å². The molecule has 1 saturated heterocycles. The molecule has 0 N–H and O–H groups in total. The molecule has 0 aliphatic carbocycles. The highest BCUT2D eigenvalue weighted by Crippen LogP contribution is 2.32. The minimum atomic E-state index is -0.292. The number of para-hydroxylation sites is 2. The van der Waals surface area contributed by atoms with Gasteiger partial charge in [-0.25, -0.2) is 4.98 Å². The molecule has 1 atom stereocenters. The van der Waals surface area contributed by atoms with Crippen molar-refractivity contribution in [3.05, 3.63) is 58.4 Å². The number of imidazole rings is 1. The second-order valence-corrected chi connectivity index (χ2v) is 6.77. The third-order valence-corrected chi connectivity index (χ3v) is 4.97. The fourth-order valence-corrected chi connectivity index (χ4v) is 3.62. The molecule has 1 aromatic carbocycles. The Morgan fingerprint density at radius 2 is 2.19 bits per heavy atom. The van der Waals surface area contributed by atoms with E-state index in [9.17, 15) is 9.59 Å². The number of carbonyl (C=O) groups excluding carboxylic acids is 1. The van der Waals surface area contributed by atoms with Gasteiger partial charge in [-0.05, 0) is 31.9 Å². The van der Waals surface area contributed by atoms with Gasteiger partial charge in [0.1, 0.15) is 17.8 Å². The Labute approximate surface area is 156 Å². The van der Waals surface area contributed by atoms with E-state index < -0.39 is 0 Å². The SMILES string of the molecule is Cc1cc(=O)c(OCC(=O)N2CCCC2c2nc3ccccc3n2C)co1. The number of ether oxygens (including phenoxy) is 1. The van der Waals surface area contributed by atoms with E-state index in [4.69, 9.17) is 14.1 Å². The number of amides is 1. The van der Waals surface area contributed by atoms with E-state index in [0.717, 1.165) is 29.7 Å². The zero-order chi connectivity index (χ0) is 19.0. The topological polar surface area (TPSA) is 77.6 Å². The van der Waals surface area contributed by atoms with Gasteiger partial charge in [0.25, 0.3) is 5.91 Å².